The van der Waals surface area contributed by atoms with Gasteiger partial charge in [0.25, 0.3) is 5.91 Å². The maximum Gasteiger partial charge on any atom is 0.274 e. The number of amides is 1. The van der Waals surface area contributed by atoms with Crippen molar-refractivity contribution >= 4 is 21.4 Å². The lowest BCUT2D eigenvalue weighted by Gasteiger charge is -2.05. The number of nitrogens with one attached hydrogen (secondary N) is 1. The predicted octanol–water partition coefficient (Wildman–Crippen LogP) is 1.13. The predicted molar refractivity (Wildman–Crippen MR) is 69.5 cm³/mol. The first-order valence-electron chi connectivity index (χ1n) is 5.34. The van der Waals surface area contributed by atoms with Gasteiger partial charge in [-0.25, -0.2) is 18.4 Å². The number of hydrogen-bond donors (Lipinski definition) is 1. The molecule has 0 saturated heterocycles. The molecule has 0 aliphatic carbocycles. The van der Waals surface area contributed by atoms with Gasteiger partial charge in [-0.2, -0.15) is 0 Å². The Morgan fingerprint density at radius 1 is 1.16 bits per heavy atom. The Balaban J connectivity index is 2.15. The summed E-state index contributed by atoms with van der Waals surface area (Å²) >= 11 is 0. The molecule has 1 N–H and O–H groups in total. The maximum atomic E-state index is 11.8. The van der Waals surface area contributed by atoms with Crippen molar-refractivity contribution in [3.8, 4) is 0 Å². The van der Waals surface area contributed by atoms with Crippen LogP contribution in [-0.4, -0.2) is 30.5 Å². The van der Waals surface area contributed by atoms with Crippen LogP contribution < -0.4 is 5.32 Å². The second-order valence-electron chi connectivity index (χ2n) is 3.85. The number of carbonyl (C=O) groups is 1. The van der Waals surface area contributed by atoms with Gasteiger partial charge in [0.1, 0.15) is 12.0 Å². The van der Waals surface area contributed by atoms with E-state index in [-0.39, 0.29) is 16.5 Å². The minimum absolute atomic E-state index is 0.201. The Hall–Kier alpha value is -2.28. The van der Waals surface area contributed by atoms with Crippen molar-refractivity contribution in [2.75, 3.05) is 11.6 Å². The van der Waals surface area contributed by atoms with E-state index in [9.17, 15) is 13.2 Å². The zero-order valence-corrected chi connectivity index (χ0v) is 10.9. The van der Waals surface area contributed by atoms with Gasteiger partial charge in [-0.1, -0.05) is 0 Å². The molecule has 98 valence electrons. The van der Waals surface area contributed by atoms with Gasteiger partial charge in [0, 0.05) is 18.1 Å². The van der Waals surface area contributed by atoms with Crippen LogP contribution in [0.25, 0.3) is 0 Å². The number of sulfone groups is 1. The molecule has 2 rings (SSSR count). The number of aromatic nitrogens is 2. The monoisotopic (exact) mass is 277 g/mol. The molecule has 0 bridgehead atoms. The van der Waals surface area contributed by atoms with E-state index in [1.54, 1.807) is 0 Å². The Kier molecular flexibility index (Phi) is 3.57. The molecule has 7 heteroatoms. The van der Waals surface area contributed by atoms with Crippen molar-refractivity contribution in [2.45, 2.75) is 4.90 Å². The molecule has 1 aromatic heterocycles. The van der Waals surface area contributed by atoms with E-state index in [1.807, 2.05) is 0 Å². The molecule has 0 atom stereocenters. The van der Waals surface area contributed by atoms with E-state index in [4.69, 9.17) is 0 Å². The molecule has 0 radical (unpaired) electrons. The number of hydrogen-bond acceptors (Lipinski definition) is 5. The van der Waals surface area contributed by atoms with Crippen LogP contribution in [0.4, 0.5) is 5.69 Å². The van der Waals surface area contributed by atoms with Gasteiger partial charge in [0.2, 0.25) is 0 Å². The highest BCUT2D eigenvalue weighted by Gasteiger charge is 2.09. The van der Waals surface area contributed by atoms with E-state index in [0.29, 0.717) is 5.69 Å². The van der Waals surface area contributed by atoms with Crippen molar-refractivity contribution < 1.29 is 13.2 Å². The topological polar surface area (TPSA) is 89.0 Å². The summed E-state index contributed by atoms with van der Waals surface area (Å²) in [6.45, 7) is 0. The Labute approximate surface area is 110 Å². The smallest absolute Gasteiger partial charge is 0.274 e. The number of anilines is 1. The quantitative estimate of drug-likeness (QED) is 0.908. The summed E-state index contributed by atoms with van der Waals surface area (Å²) in [5.74, 6) is -0.380. The molecule has 0 saturated carbocycles. The fraction of sp³-hybridized carbons (Fsp3) is 0.0833. The highest BCUT2D eigenvalue weighted by atomic mass is 32.2. The minimum atomic E-state index is -3.23. The van der Waals surface area contributed by atoms with Crippen molar-refractivity contribution in [3.05, 3.63) is 48.5 Å². The van der Waals surface area contributed by atoms with Crippen molar-refractivity contribution in [1.29, 1.82) is 0 Å². The van der Waals surface area contributed by atoms with E-state index in [0.717, 1.165) is 6.26 Å². The average molecular weight is 277 g/mol. The molecular formula is C12H11N3O3S. The summed E-state index contributed by atoms with van der Waals surface area (Å²) in [5, 5.41) is 2.61. The highest BCUT2D eigenvalue weighted by Crippen LogP contribution is 2.14. The summed E-state index contributed by atoms with van der Waals surface area (Å²) in [6, 6.07) is 7.40. The molecule has 6 nitrogen and oxygen atoms in total. The molecule has 2 aromatic rings. The Morgan fingerprint density at radius 3 is 2.37 bits per heavy atom. The minimum Gasteiger partial charge on any atom is -0.321 e. The maximum absolute atomic E-state index is 11.8. The summed E-state index contributed by atoms with van der Waals surface area (Å²) in [7, 11) is -3.23. The van der Waals surface area contributed by atoms with Crippen LogP contribution >= 0.6 is 0 Å². The third-order valence-electron chi connectivity index (χ3n) is 2.35. The molecule has 1 amide bonds. The van der Waals surface area contributed by atoms with Gasteiger partial charge in [0.15, 0.2) is 9.84 Å². The van der Waals surface area contributed by atoms with Gasteiger partial charge >= 0.3 is 0 Å². The SMILES string of the molecule is CS(=O)(=O)c1ccc(NC(=O)c2ccncn2)cc1. The number of nitrogens with zero attached hydrogens (tertiary/aromatic N) is 2. The van der Waals surface area contributed by atoms with E-state index >= 15 is 0 Å². The molecule has 19 heavy (non-hydrogen) atoms. The summed E-state index contributed by atoms with van der Waals surface area (Å²) in [4.78, 5) is 19.5. The van der Waals surface area contributed by atoms with Crippen LogP contribution in [0, 0.1) is 0 Å². The summed E-state index contributed by atoms with van der Waals surface area (Å²) < 4.78 is 22.6. The van der Waals surface area contributed by atoms with Gasteiger partial charge in [-0.05, 0) is 30.3 Å². The molecule has 0 unspecified atom stereocenters. The lowest BCUT2D eigenvalue weighted by atomic mass is 10.3. The normalized spacial score (nSPS) is 11.0. The van der Waals surface area contributed by atoms with E-state index in [2.05, 4.69) is 15.3 Å². The van der Waals surface area contributed by atoms with Gasteiger partial charge in [-0.15, -0.1) is 0 Å². The van der Waals surface area contributed by atoms with Gasteiger partial charge in [-0.3, -0.25) is 4.79 Å². The fourth-order valence-electron chi connectivity index (χ4n) is 1.41. The molecule has 0 aliphatic heterocycles. The fourth-order valence-corrected chi connectivity index (χ4v) is 2.04. The van der Waals surface area contributed by atoms with Crippen molar-refractivity contribution in [1.82, 2.24) is 9.97 Å². The molecule has 1 aromatic carbocycles. The molecular weight excluding hydrogens is 266 g/mol. The van der Waals surface area contributed by atoms with Crippen LogP contribution in [0.2, 0.25) is 0 Å². The van der Waals surface area contributed by atoms with Crippen molar-refractivity contribution in [3.63, 3.8) is 0 Å². The van der Waals surface area contributed by atoms with Crippen LogP contribution in [-0.2, 0) is 9.84 Å². The van der Waals surface area contributed by atoms with Crippen LogP contribution in [0.3, 0.4) is 0 Å². The summed E-state index contributed by atoms with van der Waals surface area (Å²) in [5.41, 5.74) is 0.734. The summed E-state index contributed by atoms with van der Waals surface area (Å²) in [6.07, 6.45) is 3.87. The second-order valence-corrected chi connectivity index (χ2v) is 5.86. The number of rotatable bonds is 3. The molecule has 0 aliphatic rings. The third-order valence-corrected chi connectivity index (χ3v) is 3.48. The Morgan fingerprint density at radius 2 is 1.84 bits per heavy atom. The third kappa shape index (κ3) is 3.35. The van der Waals surface area contributed by atoms with Gasteiger partial charge < -0.3 is 5.32 Å². The second kappa shape index (κ2) is 5.15. The first-order valence-corrected chi connectivity index (χ1v) is 7.23. The zero-order chi connectivity index (χ0) is 13.9. The van der Waals surface area contributed by atoms with Gasteiger partial charge in [0.05, 0.1) is 4.90 Å². The first-order chi connectivity index (χ1) is 8.97. The first kappa shape index (κ1) is 13.2. The van der Waals surface area contributed by atoms with Crippen LogP contribution in [0.5, 0.6) is 0 Å². The Bertz CT molecular complexity index is 682. The molecule has 0 spiro atoms. The average Bonchev–Trinajstić information content (AvgIpc) is 2.39. The largest absolute Gasteiger partial charge is 0.321 e. The van der Waals surface area contributed by atoms with E-state index < -0.39 is 9.84 Å². The highest BCUT2D eigenvalue weighted by molar-refractivity contribution is 7.90. The van der Waals surface area contributed by atoms with Crippen LogP contribution in [0.15, 0.2) is 47.8 Å². The standard InChI is InChI=1S/C12H11N3O3S/c1-19(17,18)10-4-2-9(3-5-10)15-12(16)11-6-7-13-8-14-11/h2-8H,1H3,(H,15,16). The number of benzene rings is 1. The van der Waals surface area contributed by atoms with Crippen molar-refractivity contribution in [2.24, 2.45) is 0 Å². The lowest BCUT2D eigenvalue weighted by Crippen LogP contribution is -2.13. The molecule has 0 fully saturated rings. The number of carbonyl (C=O) groups excluding carboxylic acids is 1. The molecule has 1 heterocycles. The van der Waals surface area contributed by atoms with E-state index in [1.165, 1.54) is 42.9 Å². The lowest BCUT2D eigenvalue weighted by molar-refractivity contribution is 0.102. The zero-order valence-electron chi connectivity index (χ0n) is 10.1. The van der Waals surface area contributed by atoms with Crippen LogP contribution in [0.1, 0.15) is 10.5 Å².